The van der Waals surface area contributed by atoms with Crippen molar-refractivity contribution in [1.82, 2.24) is 0 Å². The molecule has 48 heavy (non-hydrogen) atoms. The fourth-order valence-electron chi connectivity index (χ4n) is 7.77. The van der Waals surface area contributed by atoms with Crippen LogP contribution >= 0.6 is 0 Å². The fraction of sp³-hybridized carbons (Fsp3) is 0. The average Bonchev–Trinajstić information content (AvgIpc) is 3.16. The molecule has 0 saturated carbocycles. The minimum absolute atomic E-state index is 1.23. The first-order valence-electron chi connectivity index (χ1n) is 16.7. The Morgan fingerprint density at radius 3 is 0.958 bits per heavy atom. The van der Waals surface area contributed by atoms with Gasteiger partial charge in [-0.1, -0.05) is 146 Å². The van der Waals surface area contributed by atoms with E-state index in [4.69, 9.17) is 0 Å². The van der Waals surface area contributed by atoms with Crippen molar-refractivity contribution in [3.8, 4) is 33.4 Å². The van der Waals surface area contributed by atoms with Gasteiger partial charge in [0.2, 0.25) is 0 Å². The Morgan fingerprint density at radius 2 is 0.521 bits per heavy atom. The molecule has 10 rings (SSSR count). The first-order valence-corrected chi connectivity index (χ1v) is 16.7. The van der Waals surface area contributed by atoms with Crippen LogP contribution in [0.3, 0.4) is 0 Å². The van der Waals surface area contributed by atoms with E-state index in [1.54, 1.807) is 0 Å². The standard InChI is InChI=1S/C48H30/c1-3-11-41-35(9-1)29-47(45-15-7-5-13-43(41)45)37-23-19-31-17-21-33(25-39(31)27-37)34-22-18-32-20-24-38(28-40(32)26-34)48-30-36-10-2-4-12-42(36)44-14-6-8-16-46(44)48/h1-30H. The molecule has 0 radical (unpaired) electrons. The van der Waals surface area contributed by atoms with Gasteiger partial charge >= 0.3 is 0 Å². The van der Waals surface area contributed by atoms with Crippen molar-refractivity contribution in [2.75, 3.05) is 0 Å². The largest absolute Gasteiger partial charge is 0.0616 e. The van der Waals surface area contributed by atoms with Gasteiger partial charge in [0.05, 0.1) is 0 Å². The Morgan fingerprint density at radius 1 is 0.188 bits per heavy atom. The monoisotopic (exact) mass is 606 g/mol. The molecule has 0 unspecified atom stereocenters. The van der Waals surface area contributed by atoms with Crippen LogP contribution in [0.5, 0.6) is 0 Å². The van der Waals surface area contributed by atoms with Gasteiger partial charge in [-0.15, -0.1) is 0 Å². The summed E-state index contributed by atoms with van der Waals surface area (Å²) in [5, 5.41) is 15.3. The maximum Gasteiger partial charge on any atom is -0.00988 e. The number of fused-ring (bicyclic) bond motifs is 8. The van der Waals surface area contributed by atoms with E-state index in [2.05, 4.69) is 182 Å². The van der Waals surface area contributed by atoms with E-state index in [0.29, 0.717) is 0 Å². The molecule has 0 saturated heterocycles. The zero-order valence-corrected chi connectivity index (χ0v) is 26.3. The number of hydrogen-bond acceptors (Lipinski definition) is 0. The molecular formula is C48H30. The highest BCUT2D eigenvalue weighted by Crippen LogP contribution is 2.39. The number of rotatable bonds is 3. The molecule has 0 heteroatoms. The molecule has 0 aliphatic rings. The Balaban J connectivity index is 1.09. The van der Waals surface area contributed by atoms with Crippen molar-refractivity contribution in [3.63, 3.8) is 0 Å². The maximum atomic E-state index is 2.36. The van der Waals surface area contributed by atoms with E-state index in [1.807, 2.05) is 0 Å². The zero-order valence-electron chi connectivity index (χ0n) is 26.3. The van der Waals surface area contributed by atoms with Gasteiger partial charge in [-0.3, -0.25) is 0 Å². The van der Waals surface area contributed by atoms with Crippen LogP contribution in [0.15, 0.2) is 182 Å². The summed E-state index contributed by atoms with van der Waals surface area (Å²) < 4.78 is 0. The lowest BCUT2D eigenvalue weighted by molar-refractivity contribution is 1.65. The van der Waals surface area contributed by atoms with Gasteiger partial charge in [0, 0.05) is 0 Å². The van der Waals surface area contributed by atoms with E-state index in [9.17, 15) is 0 Å². The van der Waals surface area contributed by atoms with Crippen LogP contribution in [-0.2, 0) is 0 Å². The SMILES string of the molecule is c1ccc2c(c1)cc(-c1ccc3ccc(-c4ccc5ccc(-c6cc7ccccc7c7ccccc67)cc5c4)cc3c1)c1ccccc12. The molecule has 0 aromatic heterocycles. The Kier molecular flexibility index (Phi) is 5.98. The molecule has 0 aliphatic heterocycles. The molecule has 0 atom stereocenters. The van der Waals surface area contributed by atoms with Crippen LogP contribution < -0.4 is 0 Å². The number of hydrogen-bond donors (Lipinski definition) is 0. The smallest absolute Gasteiger partial charge is 0.00988 e. The summed E-state index contributed by atoms with van der Waals surface area (Å²) in [5.41, 5.74) is 7.49. The first-order chi connectivity index (χ1) is 23.8. The Labute approximate surface area is 279 Å². The van der Waals surface area contributed by atoms with Crippen LogP contribution in [-0.4, -0.2) is 0 Å². The Hall–Kier alpha value is -6.24. The molecule has 0 amide bonds. The third kappa shape index (κ3) is 4.31. The molecule has 222 valence electrons. The van der Waals surface area contributed by atoms with Crippen LogP contribution in [0.2, 0.25) is 0 Å². The quantitative estimate of drug-likeness (QED) is 0.176. The van der Waals surface area contributed by atoms with Crippen LogP contribution in [0, 0.1) is 0 Å². The van der Waals surface area contributed by atoms with Gasteiger partial charge in [-0.25, -0.2) is 0 Å². The van der Waals surface area contributed by atoms with Gasteiger partial charge in [0.1, 0.15) is 0 Å². The van der Waals surface area contributed by atoms with Crippen LogP contribution in [0.1, 0.15) is 0 Å². The Bertz CT molecular complexity index is 2690. The summed E-state index contributed by atoms with van der Waals surface area (Å²) in [7, 11) is 0. The highest BCUT2D eigenvalue weighted by Gasteiger charge is 2.12. The topological polar surface area (TPSA) is 0 Å². The lowest BCUT2D eigenvalue weighted by atomic mass is 9.91. The van der Waals surface area contributed by atoms with Crippen molar-refractivity contribution in [2.24, 2.45) is 0 Å². The fourth-order valence-corrected chi connectivity index (χ4v) is 7.77. The summed E-state index contributed by atoms with van der Waals surface area (Å²) in [4.78, 5) is 0. The molecule has 0 fully saturated rings. The summed E-state index contributed by atoms with van der Waals surface area (Å²) in [6.45, 7) is 0. The lowest BCUT2D eigenvalue weighted by Crippen LogP contribution is -1.86. The van der Waals surface area contributed by atoms with Gasteiger partial charge in [0.25, 0.3) is 0 Å². The molecular weight excluding hydrogens is 577 g/mol. The molecule has 0 heterocycles. The third-order valence-corrected chi connectivity index (χ3v) is 10.2. The summed E-state index contributed by atoms with van der Waals surface area (Å²) in [6.07, 6.45) is 0. The number of benzene rings is 10. The third-order valence-electron chi connectivity index (χ3n) is 10.2. The van der Waals surface area contributed by atoms with Crippen molar-refractivity contribution in [1.29, 1.82) is 0 Å². The van der Waals surface area contributed by atoms with Crippen molar-refractivity contribution < 1.29 is 0 Å². The highest BCUT2D eigenvalue weighted by atomic mass is 14.2. The first kappa shape index (κ1) is 26.9. The van der Waals surface area contributed by atoms with Gasteiger partial charge < -0.3 is 0 Å². The van der Waals surface area contributed by atoms with Gasteiger partial charge in [-0.2, -0.15) is 0 Å². The summed E-state index contributed by atoms with van der Waals surface area (Å²) in [6, 6.07) is 67.2. The summed E-state index contributed by atoms with van der Waals surface area (Å²) in [5.74, 6) is 0. The second kappa shape index (κ2) is 10.7. The summed E-state index contributed by atoms with van der Waals surface area (Å²) >= 11 is 0. The normalized spacial score (nSPS) is 11.8. The molecule has 0 spiro atoms. The molecule has 0 aliphatic carbocycles. The van der Waals surface area contributed by atoms with Gasteiger partial charge in [0.15, 0.2) is 0 Å². The van der Waals surface area contributed by atoms with Crippen molar-refractivity contribution >= 4 is 64.6 Å². The second-order valence-corrected chi connectivity index (χ2v) is 12.9. The van der Waals surface area contributed by atoms with E-state index in [1.165, 1.54) is 98.0 Å². The molecule has 0 bridgehead atoms. The minimum atomic E-state index is 1.23. The van der Waals surface area contributed by atoms with E-state index >= 15 is 0 Å². The van der Waals surface area contributed by atoms with Gasteiger partial charge in [-0.05, 0) is 134 Å². The van der Waals surface area contributed by atoms with E-state index in [0.717, 1.165) is 0 Å². The molecule has 0 nitrogen and oxygen atoms in total. The lowest BCUT2D eigenvalue weighted by Gasteiger charge is -2.13. The predicted octanol–water partition coefficient (Wildman–Crippen LogP) is 13.6. The second-order valence-electron chi connectivity index (χ2n) is 12.9. The van der Waals surface area contributed by atoms with E-state index < -0.39 is 0 Å². The van der Waals surface area contributed by atoms with Crippen molar-refractivity contribution in [2.45, 2.75) is 0 Å². The van der Waals surface area contributed by atoms with Crippen LogP contribution in [0.25, 0.3) is 98.0 Å². The van der Waals surface area contributed by atoms with Crippen molar-refractivity contribution in [3.05, 3.63) is 182 Å². The maximum absolute atomic E-state index is 2.36. The van der Waals surface area contributed by atoms with Crippen LogP contribution in [0.4, 0.5) is 0 Å². The minimum Gasteiger partial charge on any atom is -0.0616 e. The average molecular weight is 607 g/mol. The highest BCUT2D eigenvalue weighted by molar-refractivity contribution is 6.15. The molecule has 0 N–H and O–H groups in total. The predicted molar refractivity (Wildman–Crippen MR) is 208 cm³/mol. The van der Waals surface area contributed by atoms with E-state index in [-0.39, 0.29) is 0 Å². The molecule has 10 aromatic rings. The zero-order chi connectivity index (χ0) is 31.6. The molecule has 10 aromatic carbocycles.